The molecule has 0 aromatic heterocycles. The molecule has 1 aromatic rings. The molecule has 0 unspecified atom stereocenters. The Morgan fingerprint density at radius 3 is 2.30 bits per heavy atom. The largest absolute Gasteiger partial charge is 0.497 e. The lowest BCUT2D eigenvalue weighted by Gasteiger charge is -2.25. The summed E-state index contributed by atoms with van der Waals surface area (Å²) in [4.78, 5) is 13.6. The van der Waals surface area contributed by atoms with E-state index in [-0.39, 0.29) is 19.2 Å². The zero-order chi connectivity index (χ0) is 29.9. The van der Waals surface area contributed by atoms with E-state index >= 15 is 0 Å². The van der Waals surface area contributed by atoms with Crippen molar-refractivity contribution in [2.45, 2.75) is 78.2 Å². The van der Waals surface area contributed by atoms with Crippen molar-refractivity contribution in [3.8, 4) is 5.75 Å². The molecule has 1 saturated heterocycles. The number of carbonyl (C=O) groups excluding carboxylic acids is 1. The van der Waals surface area contributed by atoms with E-state index in [0.29, 0.717) is 25.0 Å². The molecule has 1 fully saturated rings. The monoisotopic (exact) mass is 554 g/mol. The molecular weight excluding hydrogens is 508 g/mol. The second-order valence-corrected chi connectivity index (χ2v) is 10.6. The van der Waals surface area contributed by atoms with E-state index in [1.54, 1.807) is 27.0 Å². The maximum atomic E-state index is 13.6. The molecule has 220 valence electrons. The normalized spacial score (nSPS) is 19.1. The van der Waals surface area contributed by atoms with Gasteiger partial charge >= 0.3 is 0 Å². The van der Waals surface area contributed by atoms with Crippen molar-refractivity contribution < 1.29 is 33.2 Å². The average molecular weight is 555 g/mol. The molecule has 40 heavy (non-hydrogen) atoms. The van der Waals surface area contributed by atoms with Crippen molar-refractivity contribution in [1.82, 2.24) is 0 Å². The van der Waals surface area contributed by atoms with Crippen LogP contribution in [-0.2, 0) is 35.1 Å². The van der Waals surface area contributed by atoms with E-state index in [4.69, 9.17) is 28.4 Å². The third-order valence-corrected chi connectivity index (χ3v) is 6.57. The Kier molecular flexibility index (Phi) is 13.2. The number of methoxy groups -OCH3 is 2. The van der Waals surface area contributed by atoms with Gasteiger partial charge in [0.05, 0.1) is 20.3 Å². The molecule has 0 N–H and O–H groups in total. The molecule has 2 rings (SSSR count). The third-order valence-electron chi connectivity index (χ3n) is 6.57. The predicted octanol–water partition coefficient (Wildman–Crippen LogP) is 6.65. The van der Waals surface area contributed by atoms with E-state index in [0.717, 1.165) is 28.0 Å². The van der Waals surface area contributed by atoms with Crippen molar-refractivity contribution in [3.63, 3.8) is 0 Å². The fourth-order valence-corrected chi connectivity index (χ4v) is 4.50. The fourth-order valence-electron chi connectivity index (χ4n) is 4.50. The number of carbonyl (C=O) groups is 1. The highest BCUT2D eigenvalue weighted by molar-refractivity contribution is 5.99. The van der Waals surface area contributed by atoms with Crippen LogP contribution in [0.2, 0.25) is 0 Å². The molecule has 1 aliphatic rings. The molecule has 1 aliphatic heterocycles. The van der Waals surface area contributed by atoms with Gasteiger partial charge in [-0.2, -0.15) is 0 Å². The maximum Gasteiger partial charge on any atom is 0.189 e. The number of allylic oxidation sites excluding steroid dienone is 3. The Labute approximate surface area is 240 Å². The molecule has 3 atom stereocenters. The first-order chi connectivity index (χ1) is 18.9. The zero-order valence-electron chi connectivity index (χ0n) is 25.2. The Bertz CT molecular complexity index is 1090. The second-order valence-electron chi connectivity index (χ2n) is 10.6. The van der Waals surface area contributed by atoms with Gasteiger partial charge in [0.15, 0.2) is 17.7 Å². The smallest absolute Gasteiger partial charge is 0.189 e. The van der Waals surface area contributed by atoms with Gasteiger partial charge in [-0.1, -0.05) is 49.1 Å². The number of benzene rings is 1. The minimum absolute atomic E-state index is 0.00296. The first-order valence-corrected chi connectivity index (χ1v) is 13.5. The summed E-state index contributed by atoms with van der Waals surface area (Å²) >= 11 is 0. The SMILES string of the molecule is C=C/C(=C\[C@H](OCOC)[C@H]1OC(C)(C)O[C@@H]1C(=O)C(=C)CCC(C(=C)C)=C(C)C)COCc1ccc(OC)cc1. The van der Waals surface area contributed by atoms with Crippen LogP contribution in [0, 0.1) is 0 Å². The summed E-state index contributed by atoms with van der Waals surface area (Å²) in [7, 11) is 3.17. The van der Waals surface area contributed by atoms with Gasteiger partial charge in [0.2, 0.25) is 0 Å². The first kappa shape index (κ1) is 33.4. The van der Waals surface area contributed by atoms with Crippen molar-refractivity contribution in [2.75, 3.05) is 27.6 Å². The number of Topliss-reactive ketones (excluding diaryl/α,β-unsaturated/α-hetero) is 1. The summed E-state index contributed by atoms with van der Waals surface area (Å²) in [5.41, 5.74) is 5.57. The van der Waals surface area contributed by atoms with Crippen LogP contribution in [0.3, 0.4) is 0 Å². The number of hydrogen-bond donors (Lipinski definition) is 0. The molecule has 7 heteroatoms. The van der Waals surface area contributed by atoms with Gasteiger partial charge in [-0.15, -0.1) is 0 Å². The molecule has 0 saturated carbocycles. The summed E-state index contributed by atoms with van der Waals surface area (Å²) in [5, 5.41) is 0. The van der Waals surface area contributed by atoms with Gasteiger partial charge in [-0.3, -0.25) is 4.79 Å². The van der Waals surface area contributed by atoms with E-state index in [1.165, 1.54) is 12.7 Å². The lowest BCUT2D eigenvalue weighted by atomic mass is 9.92. The van der Waals surface area contributed by atoms with Crippen LogP contribution in [0.1, 0.15) is 53.0 Å². The molecule has 0 amide bonds. The minimum atomic E-state index is -0.990. The van der Waals surface area contributed by atoms with Crippen molar-refractivity contribution in [2.24, 2.45) is 0 Å². The molecule has 0 aliphatic carbocycles. The lowest BCUT2D eigenvalue weighted by molar-refractivity contribution is -0.164. The van der Waals surface area contributed by atoms with Crippen LogP contribution in [0.4, 0.5) is 0 Å². The molecule has 7 nitrogen and oxygen atoms in total. The third kappa shape index (κ3) is 9.98. The Morgan fingerprint density at radius 1 is 1.07 bits per heavy atom. The number of hydrogen-bond acceptors (Lipinski definition) is 7. The van der Waals surface area contributed by atoms with Crippen molar-refractivity contribution >= 4 is 5.78 Å². The second kappa shape index (κ2) is 15.8. The fraction of sp³-hybridized carbons (Fsp3) is 0.485. The number of ether oxygens (including phenoxy) is 6. The predicted molar refractivity (Wildman–Crippen MR) is 158 cm³/mol. The molecular formula is C33H46O7. The maximum absolute atomic E-state index is 13.6. The highest BCUT2D eigenvalue weighted by Crippen LogP contribution is 2.34. The highest BCUT2D eigenvalue weighted by Gasteiger charge is 2.49. The van der Waals surface area contributed by atoms with Crippen LogP contribution in [0.5, 0.6) is 5.75 Å². The molecule has 1 heterocycles. The quantitative estimate of drug-likeness (QED) is 0.121. The van der Waals surface area contributed by atoms with E-state index < -0.39 is 24.1 Å². The van der Waals surface area contributed by atoms with Crippen LogP contribution in [0.25, 0.3) is 0 Å². The van der Waals surface area contributed by atoms with Crippen LogP contribution in [0.15, 0.2) is 84.0 Å². The van der Waals surface area contributed by atoms with E-state index in [1.807, 2.05) is 51.1 Å². The molecule has 1 aromatic carbocycles. The van der Waals surface area contributed by atoms with E-state index in [2.05, 4.69) is 19.7 Å². The van der Waals surface area contributed by atoms with Gasteiger partial charge in [-0.05, 0) is 88.0 Å². The minimum Gasteiger partial charge on any atom is -0.497 e. The summed E-state index contributed by atoms with van der Waals surface area (Å²) in [6.07, 6.45) is 2.44. The van der Waals surface area contributed by atoms with Gasteiger partial charge in [0.25, 0.3) is 0 Å². The molecule has 0 spiro atoms. The molecule has 0 bridgehead atoms. The lowest BCUT2D eigenvalue weighted by Crippen LogP contribution is -2.41. The summed E-state index contributed by atoms with van der Waals surface area (Å²) in [6.45, 7) is 22.4. The van der Waals surface area contributed by atoms with Gasteiger partial charge in [-0.25, -0.2) is 0 Å². The number of rotatable bonds is 17. The Morgan fingerprint density at radius 2 is 1.75 bits per heavy atom. The van der Waals surface area contributed by atoms with Crippen LogP contribution in [-0.4, -0.2) is 57.5 Å². The molecule has 0 radical (unpaired) electrons. The first-order valence-electron chi connectivity index (χ1n) is 13.5. The highest BCUT2D eigenvalue weighted by atomic mass is 16.8. The van der Waals surface area contributed by atoms with Gasteiger partial charge in [0, 0.05) is 7.11 Å². The van der Waals surface area contributed by atoms with Gasteiger partial charge < -0.3 is 28.4 Å². The van der Waals surface area contributed by atoms with Gasteiger partial charge in [0.1, 0.15) is 24.8 Å². The summed E-state index contributed by atoms with van der Waals surface area (Å²) in [6, 6.07) is 7.68. The topological polar surface area (TPSA) is 72.5 Å². The van der Waals surface area contributed by atoms with Crippen LogP contribution >= 0.6 is 0 Å². The van der Waals surface area contributed by atoms with E-state index in [9.17, 15) is 4.79 Å². The summed E-state index contributed by atoms with van der Waals surface area (Å²) in [5.74, 6) is -0.411. The van der Waals surface area contributed by atoms with Crippen molar-refractivity contribution in [3.05, 3.63) is 89.6 Å². The Balaban J connectivity index is 2.20. The average Bonchev–Trinajstić information content (AvgIpc) is 3.24. The van der Waals surface area contributed by atoms with Crippen molar-refractivity contribution in [1.29, 1.82) is 0 Å². The Hall–Kier alpha value is -2.81. The van der Waals surface area contributed by atoms with Crippen LogP contribution < -0.4 is 4.74 Å². The number of ketones is 1. The zero-order valence-corrected chi connectivity index (χ0v) is 25.2. The standard InChI is InChI=1S/C33H46O7/c1-11-25(19-37-20-26-13-15-27(36-10)16-14-26)18-29(38-21-35-9)31-32(40-33(7,8)39-31)30(34)24(6)12-17-28(22(2)3)23(4)5/h11,13-16,18,29,31-32H,1-2,6,12,17,19-21H2,3-5,7-10H3/b25-18+/t29-,31+,32+/m0/s1. The summed E-state index contributed by atoms with van der Waals surface area (Å²) < 4.78 is 34.6.